The van der Waals surface area contributed by atoms with Gasteiger partial charge in [0.05, 0.1) is 11.9 Å². The number of hydrogen-bond acceptors (Lipinski definition) is 4. The van der Waals surface area contributed by atoms with Gasteiger partial charge in [-0.1, -0.05) is 11.6 Å². The Kier molecular flexibility index (Phi) is 2.97. The van der Waals surface area contributed by atoms with E-state index in [2.05, 4.69) is 20.3 Å². The molecule has 3 heterocycles. The molecule has 0 fully saturated rings. The Balaban J connectivity index is 2.07. The monoisotopic (exact) mass is 271 g/mol. The first-order chi connectivity index (χ1) is 9.24. The third-order valence-corrected chi connectivity index (χ3v) is 2.89. The molecule has 0 aliphatic rings. The van der Waals surface area contributed by atoms with Crippen LogP contribution in [-0.2, 0) is 0 Å². The van der Waals surface area contributed by atoms with E-state index in [1.807, 2.05) is 31.3 Å². The van der Waals surface area contributed by atoms with E-state index in [-0.39, 0.29) is 0 Å². The van der Waals surface area contributed by atoms with E-state index in [1.54, 1.807) is 23.0 Å². The van der Waals surface area contributed by atoms with E-state index < -0.39 is 0 Å². The quantitative estimate of drug-likeness (QED) is 0.719. The van der Waals surface area contributed by atoms with Crippen molar-refractivity contribution >= 4 is 11.6 Å². The highest BCUT2D eigenvalue weighted by Gasteiger charge is 2.09. The number of rotatable bonds is 2. The first-order valence-electron chi connectivity index (χ1n) is 5.71. The van der Waals surface area contributed by atoms with Gasteiger partial charge in [-0.15, -0.1) is 10.2 Å². The largest absolute Gasteiger partial charge is 0.261 e. The molecule has 0 aliphatic heterocycles. The maximum atomic E-state index is 5.73. The minimum atomic E-state index is 0.356. The predicted octanol–water partition coefficient (Wildman–Crippen LogP) is 2.69. The van der Waals surface area contributed by atoms with Crippen LogP contribution in [-0.4, -0.2) is 25.0 Å². The standard InChI is InChI=1S/C13H10ClN5/c1-9-2-3-10(8-15-9)11-6-7-16-19(11)13-5-4-12(14)17-18-13/h2-8H,1H3. The van der Waals surface area contributed by atoms with Crippen LogP contribution in [0.15, 0.2) is 42.7 Å². The van der Waals surface area contributed by atoms with Crippen molar-refractivity contribution in [2.45, 2.75) is 6.92 Å². The molecule has 0 bridgehead atoms. The molecule has 0 saturated heterocycles. The summed E-state index contributed by atoms with van der Waals surface area (Å²) in [5.74, 6) is 0.616. The van der Waals surface area contributed by atoms with Crippen LogP contribution in [0.25, 0.3) is 17.1 Å². The van der Waals surface area contributed by atoms with Crippen LogP contribution in [0, 0.1) is 6.92 Å². The van der Waals surface area contributed by atoms with Gasteiger partial charge in [0.1, 0.15) is 0 Å². The molecule has 6 heteroatoms. The molecule has 0 amide bonds. The van der Waals surface area contributed by atoms with Crippen molar-refractivity contribution in [2.75, 3.05) is 0 Å². The summed E-state index contributed by atoms with van der Waals surface area (Å²) in [5, 5.41) is 12.5. The topological polar surface area (TPSA) is 56.5 Å². The smallest absolute Gasteiger partial charge is 0.176 e. The van der Waals surface area contributed by atoms with Gasteiger partial charge in [0.25, 0.3) is 0 Å². The van der Waals surface area contributed by atoms with Gasteiger partial charge in [-0.05, 0) is 37.3 Å². The van der Waals surface area contributed by atoms with Crippen LogP contribution in [0.1, 0.15) is 5.69 Å². The van der Waals surface area contributed by atoms with E-state index >= 15 is 0 Å². The molecule has 3 rings (SSSR count). The second-order valence-electron chi connectivity index (χ2n) is 4.03. The maximum absolute atomic E-state index is 5.73. The van der Waals surface area contributed by atoms with Gasteiger partial charge in [-0.2, -0.15) is 5.10 Å². The van der Waals surface area contributed by atoms with Gasteiger partial charge in [-0.3, -0.25) is 4.98 Å². The second-order valence-corrected chi connectivity index (χ2v) is 4.42. The summed E-state index contributed by atoms with van der Waals surface area (Å²) in [4.78, 5) is 4.29. The van der Waals surface area contributed by atoms with Crippen molar-refractivity contribution in [1.29, 1.82) is 0 Å². The summed E-state index contributed by atoms with van der Waals surface area (Å²) in [6.07, 6.45) is 3.53. The molecular weight excluding hydrogens is 262 g/mol. The highest BCUT2D eigenvalue weighted by Crippen LogP contribution is 2.20. The van der Waals surface area contributed by atoms with Gasteiger partial charge in [0, 0.05) is 17.5 Å². The Bertz CT molecular complexity index is 628. The maximum Gasteiger partial charge on any atom is 0.176 e. The molecule has 5 nitrogen and oxygen atoms in total. The SMILES string of the molecule is Cc1ccc(-c2ccnn2-c2ccc(Cl)nn2)cn1. The first kappa shape index (κ1) is 11.8. The van der Waals surface area contributed by atoms with E-state index in [9.17, 15) is 0 Å². The molecule has 0 aliphatic carbocycles. The van der Waals surface area contributed by atoms with Crippen LogP contribution in [0.3, 0.4) is 0 Å². The number of aryl methyl sites for hydroxylation is 1. The first-order valence-corrected chi connectivity index (χ1v) is 6.08. The number of nitrogens with zero attached hydrogens (tertiary/aromatic N) is 5. The van der Waals surface area contributed by atoms with E-state index in [0.29, 0.717) is 11.0 Å². The summed E-state index contributed by atoms with van der Waals surface area (Å²) < 4.78 is 1.70. The highest BCUT2D eigenvalue weighted by atomic mass is 35.5. The van der Waals surface area contributed by atoms with Crippen molar-refractivity contribution < 1.29 is 0 Å². The van der Waals surface area contributed by atoms with Crippen molar-refractivity contribution in [2.24, 2.45) is 0 Å². The molecule has 0 unspecified atom stereocenters. The minimum absolute atomic E-state index is 0.356. The normalized spacial score (nSPS) is 10.6. The fourth-order valence-corrected chi connectivity index (χ4v) is 1.85. The zero-order chi connectivity index (χ0) is 13.2. The fraction of sp³-hybridized carbons (Fsp3) is 0.0769. The molecule has 3 aromatic rings. The van der Waals surface area contributed by atoms with Crippen LogP contribution >= 0.6 is 11.6 Å². The summed E-state index contributed by atoms with van der Waals surface area (Å²) >= 11 is 5.73. The molecule has 0 spiro atoms. The number of hydrogen-bond donors (Lipinski definition) is 0. The van der Waals surface area contributed by atoms with Gasteiger partial charge in [0.15, 0.2) is 11.0 Å². The predicted molar refractivity (Wildman–Crippen MR) is 72.1 cm³/mol. The van der Waals surface area contributed by atoms with Crippen LogP contribution < -0.4 is 0 Å². The Morgan fingerprint density at radius 2 is 1.95 bits per heavy atom. The van der Waals surface area contributed by atoms with Gasteiger partial charge in [0.2, 0.25) is 0 Å². The zero-order valence-corrected chi connectivity index (χ0v) is 10.9. The van der Waals surface area contributed by atoms with Crippen LogP contribution in [0.2, 0.25) is 5.15 Å². The number of aromatic nitrogens is 5. The highest BCUT2D eigenvalue weighted by molar-refractivity contribution is 6.29. The lowest BCUT2D eigenvalue weighted by Gasteiger charge is -2.06. The third kappa shape index (κ3) is 2.32. The molecule has 19 heavy (non-hydrogen) atoms. The summed E-state index contributed by atoms with van der Waals surface area (Å²) in [5.41, 5.74) is 2.85. The Hall–Kier alpha value is -2.27. The lowest BCUT2D eigenvalue weighted by Crippen LogP contribution is -2.02. The molecule has 3 aromatic heterocycles. The average Bonchev–Trinajstić information content (AvgIpc) is 2.90. The van der Waals surface area contributed by atoms with Crippen LogP contribution in [0.5, 0.6) is 0 Å². The summed E-state index contributed by atoms with van der Waals surface area (Å²) in [7, 11) is 0. The van der Waals surface area contributed by atoms with Gasteiger partial charge < -0.3 is 0 Å². The molecular formula is C13H10ClN5. The van der Waals surface area contributed by atoms with Crippen molar-refractivity contribution in [3.05, 3.63) is 53.6 Å². The van der Waals surface area contributed by atoms with Crippen molar-refractivity contribution in [1.82, 2.24) is 25.0 Å². The Morgan fingerprint density at radius 3 is 2.63 bits per heavy atom. The van der Waals surface area contributed by atoms with Crippen molar-refractivity contribution in [3.63, 3.8) is 0 Å². The minimum Gasteiger partial charge on any atom is -0.261 e. The molecule has 0 radical (unpaired) electrons. The fourth-order valence-electron chi connectivity index (χ4n) is 1.75. The molecule has 0 atom stereocenters. The molecule has 0 saturated carbocycles. The Labute approximate surface area is 114 Å². The van der Waals surface area contributed by atoms with Crippen LogP contribution in [0.4, 0.5) is 0 Å². The number of pyridine rings is 1. The lowest BCUT2D eigenvalue weighted by molar-refractivity contribution is 0.820. The third-order valence-electron chi connectivity index (χ3n) is 2.68. The van der Waals surface area contributed by atoms with Crippen molar-refractivity contribution in [3.8, 4) is 17.1 Å². The number of halogens is 1. The summed E-state index contributed by atoms with van der Waals surface area (Å²) in [6.45, 7) is 1.95. The Morgan fingerprint density at radius 1 is 1.05 bits per heavy atom. The van der Waals surface area contributed by atoms with Gasteiger partial charge in [-0.25, -0.2) is 4.68 Å². The van der Waals surface area contributed by atoms with E-state index in [4.69, 9.17) is 11.6 Å². The van der Waals surface area contributed by atoms with E-state index in [0.717, 1.165) is 17.0 Å². The van der Waals surface area contributed by atoms with Gasteiger partial charge >= 0.3 is 0 Å². The molecule has 0 aromatic carbocycles. The second kappa shape index (κ2) is 4.78. The lowest BCUT2D eigenvalue weighted by atomic mass is 10.2. The van der Waals surface area contributed by atoms with E-state index in [1.165, 1.54) is 0 Å². The zero-order valence-electron chi connectivity index (χ0n) is 10.2. The molecule has 0 N–H and O–H groups in total. The summed E-state index contributed by atoms with van der Waals surface area (Å²) in [6, 6.07) is 9.32. The average molecular weight is 272 g/mol. The molecule has 94 valence electrons.